The fraction of sp³-hybridized carbons (Fsp3) is 0. The number of aromatic nitrogens is 2. The molecule has 0 spiro atoms. The largest absolute Gasteiger partial charge is 0.309 e. The van der Waals surface area contributed by atoms with Crippen LogP contribution in [0.1, 0.15) is 0 Å². The topological polar surface area (TPSA) is 9.86 Å². The molecule has 0 amide bonds. The first kappa shape index (κ1) is 24.7. The van der Waals surface area contributed by atoms with Crippen LogP contribution in [0, 0.1) is 0 Å². The number of rotatable bonds is 4. The zero-order valence-electron chi connectivity index (χ0n) is 24.1. The van der Waals surface area contributed by atoms with Crippen LogP contribution in [0.4, 0.5) is 0 Å². The molecule has 0 N–H and O–H groups in total. The Morgan fingerprint density at radius 2 is 0.591 bits per heavy atom. The normalized spacial score (nSPS) is 11.6. The molecular weight excluding hydrogens is 532 g/mol. The van der Waals surface area contributed by atoms with E-state index in [-0.39, 0.29) is 0 Å². The van der Waals surface area contributed by atoms with Gasteiger partial charge in [-0.1, -0.05) is 121 Å². The SMILES string of the molecule is c1cc(-c2ccccc2-c2cccc(-n3c4ccccc4c4ccccc43)c2)cc(-n2c3ccccc3c3ccccc32)c1. The summed E-state index contributed by atoms with van der Waals surface area (Å²) in [5.74, 6) is 0. The maximum absolute atomic E-state index is 2.39. The van der Waals surface area contributed by atoms with Gasteiger partial charge in [0.05, 0.1) is 22.1 Å². The first-order valence-corrected chi connectivity index (χ1v) is 15.1. The van der Waals surface area contributed by atoms with E-state index in [0.717, 1.165) is 11.4 Å². The summed E-state index contributed by atoms with van der Waals surface area (Å²) in [7, 11) is 0. The van der Waals surface area contributed by atoms with Crippen LogP contribution in [-0.2, 0) is 0 Å². The van der Waals surface area contributed by atoms with Crippen LogP contribution in [0.15, 0.2) is 170 Å². The van der Waals surface area contributed by atoms with E-state index in [1.54, 1.807) is 0 Å². The molecular formula is C42H28N2. The molecule has 0 aliphatic carbocycles. The summed E-state index contributed by atoms with van der Waals surface area (Å²) in [4.78, 5) is 0. The van der Waals surface area contributed by atoms with Gasteiger partial charge >= 0.3 is 0 Å². The predicted octanol–water partition coefficient (Wildman–Crippen LogP) is 11.2. The monoisotopic (exact) mass is 560 g/mol. The molecule has 9 rings (SSSR count). The van der Waals surface area contributed by atoms with E-state index in [1.807, 2.05) is 0 Å². The van der Waals surface area contributed by atoms with Crippen LogP contribution < -0.4 is 0 Å². The van der Waals surface area contributed by atoms with E-state index in [0.29, 0.717) is 0 Å². The third kappa shape index (κ3) is 3.75. The van der Waals surface area contributed by atoms with Crippen molar-refractivity contribution in [2.45, 2.75) is 0 Å². The van der Waals surface area contributed by atoms with Gasteiger partial charge in [0.1, 0.15) is 0 Å². The van der Waals surface area contributed by atoms with Crippen molar-refractivity contribution < 1.29 is 0 Å². The number of nitrogens with zero attached hydrogens (tertiary/aromatic N) is 2. The van der Waals surface area contributed by atoms with Gasteiger partial charge in [0.2, 0.25) is 0 Å². The highest BCUT2D eigenvalue weighted by Crippen LogP contribution is 2.38. The van der Waals surface area contributed by atoms with E-state index >= 15 is 0 Å². The highest BCUT2D eigenvalue weighted by Gasteiger charge is 2.15. The zero-order chi connectivity index (χ0) is 29.0. The Morgan fingerprint density at radius 3 is 0.955 bits per heavy atom. The fourth-order valence-electron chi connectivity index (χ4n) is 7.01. The molecule has 2 nitrogen and oxygen atoms in total. The lowest BCUT2D eigenvalue weighted by atomic mass is 9.94. The van der Waals surface area contributed by atoms with Crippen LogP contribution in [0.25, 0.3) is 77.2 Å². The molecule has 2 heteroatoms. The Labute approximate surface area is 255 Å². The summed E-state index contributed by atoms with van der Waals surface area (Å²) in [6.45, 7) is 0. The van der Waals surface area contributed by atoms with Crippen molar-refractivity contribution in [2.24, 2.45) is 0 Å². The Morgan fingerprint density at radius 1 is 0.273 bits per heavy atom. The molecule has 0 saturated heterocycles. The molecule has 0 radical (unpaired) electrons. The van der Waals surface area contributed by atoms with Gasteiger partial charge in [-0.3, -0.25) is 0 Å². The molecule has 44 heavy (non-hydrogen) atoms. The summed E-state index contributed by atoms with van der Waals surface area (Å²) in [6.07, 6.45) is 0. The molecule has 0 fully saturated rings. The van der Waals surface area contributed by atoms with Gasteiger partial charge in [0.15, 0.2) is 0 Å². The van der Waals surface area contributed by atoms with Gasteiger partial charge in [-0.2, -0.15) is 0 Å². The predicted molar refractivity (Wildman–Crippen MR) is 186 cm³/mol. The molecule has 0 saturated carbocycles. The van der Waals surface area contributed by atoms with Crippen molar-refractivity contribution in [2.75, 3.05) is 0 Å². The van der Waals surface area contributed by atoms with Gasteiger partial charge in [0.25, 0.3) is 0 Å². The molecule has 0 atom stereocenters. The molecule has 7 aromatic carbocycles. The molecule has 9 aromatic rings. The Hall–Kier alpha value is -5.86. The number of para-hydroxylation sites is 4. The van der Waals surface area contributed by atoms with E-state index in [9.17, 15) is 0 Å². The molecule has 0 unspecified atom stereocenters. The summed E-state index contributed by atoms with van der Waals surface area (Å²) in [6, 6.07) is 61.4. The van der Waals surface area contributed by atoms with Gasteiger partial charge in [-0.05, 0) is 70.8 Å². The minimum atomic E-state index is 1.16. The summed E-state index contributed by atoms with van der Waals surface area (Å²) >= 11 is 0. The van der Waals surface area contributed by atoms with E-state index in [2.05, 4.69) is 179 Å². The lowest BCUT2D eigenvalue weighted by Crippen LogP contribution is -1.96. The standard InChI is InChI=1S/C42H28N2/c1-2-18-34(30-14-12-16-32(28-30)44-41-25-9-5-21-37(41)38-22-6-10-26-42(38)44)33(17-1)29-13-11-15-31(27-29)43-39-23-7-3-19-35(39)36-20-4-8-24-40(36)43/h1-28H. The number of hydrogen-bond acceptors (Lipinski definition) is 0. The van der Waals surface area contributed by atoms with Gasteiger partial charge in [0, 0.05) is 32.9 Å². The lowest BCUT2D eigenvalue weighted by molar-refractivity contribution is 1.18. The van der Waals surface area contributed by atoms with Crippen LogP contribution in [0.2, 0.25) is 0 Å². The maximum Gasteiger partial charge on any atom is 0.0541 e. The van der Waals surface area contributed by atoms with Crippen LogP contribution >= 0.6 is 0 Å². The highest BCUT2D eigenvalue weighted by molar-refractivity contribution is 6.10. The molecule has 2 aromatic heterocycles. The fourth-order valence-corrected chi connectivity index (χ4v) is 7.01. The quantitative estimate of drug-likeness (QED) is 0.203. The van der Waals surface area contributed by atoms with Crippen molar-refractivity contribution in [3.63, 3.8) is 0 Å². The van der Waals surface area contributed by atoms with Gasteiger partial charge in [-0.15, -0.1) is 0 Å². The summed E-state index contributed by atoms with van der Waals surface area (Å²) < 4.78 is 4.78. The maximum atomic E-state index is 2.39. The number of benzene rings is 7. The molecule has 0 aliphatic heterocycles. The lowest BCUT2D eigenvalue weighted by Gasteiger charge is -2.15. The summed E-state index contributed by atoms with van der Waals surface area (Å²) in [5.41, 5.74) is 12.0. The summed E-state index contributed by atoms with van der Waals surface area (Å²) in [5, 5.41) is 5.10. The number of hydrogen-bond donors (Lipinski definition) is 0. The minimum Gasteiger partial charge on any atom is -0.309 e. The van der Waals surface area contributed by atoms with Crippen LogP contribution in [0.5, 0.6) is 0 Å². The highest BCUT2D eigenvalue weighted by atomic mass is 15.0. The third-order valence-electron chi connectivity index (χ3n) is 8.92. The van der Waals surface area contributed by atoms with Crippen LogP contribution in [-0.4, -0.2) is 9.13 Å². The Balaban J connectivity index is 1.21. The van der Waals surface area contributed by atoms with Crippen LogP contribution in [0.3, 0.4) is 0 Å². The van der Waals surface area contributed by atoms with Crippen molar-refractivity contribution in [3.8, 4) is 33.6 Å². The average molecular weight is 561 g/mol. The second-order valence-corrected chi connectivity index (χ2v) is 11.4. The zero-order valence-corrected chi connectivity index (χ0v) is 24.1. The van der Waals surface area contributed by atoms with Crippen molar-refractivity contribution >= 4 is 43.6 Å². The van der Waals surface area contributed by atoms with E-state index in [1.165, 1.54) is 65.9 Å². The van der Waals surface area contributed by atoms with Crippen molar-refractivity contribution in [1.82, 2.24) is 9.13 Å². The first-order valence-electron chi connectivity index (χ1n) is 15.1. The third-order valence-corrected chi connectivity index (χ3v) is 8.92. The molecule has 2 heterocycles. The minimum absolute atomic E-state index is 1.16. The Bertz CT molecular complexity index is 2230. The molecule has 206 valence electrons. The van der Waals surface area contributed by atoms with Crippen molar-refractivity contribution in [3.05, 3.63) is 170 Å². The average Bonchev–Trinajstić information content (AvgIpc) is 3.62. The smallest absolute Gasteiger partial charge is 0.0541 e. The second kappa shape index (κ2) is 9.86. The van der Waals surface area contributed by atoms with Crippen molar-refractivity contribution in [1.29, 1.82) is 0 Å². The van der Waals surface area contributed by atoms with Gasteiger partial charge < -0.3 is 9.13 Å². The number of fused-ring (bicyclic) bond motifs is 6. The van der Waals surface area contributed by atoms with E-state index < -0.39 is 0 Å². The second-order valence-electron chi connectivity index (χ2n) is 11.4. The van der Waals surface area contributed by atoms with E-state index in [4.69, 9.17) is 0 Å². The molecule has 0 aliphatic rings. The van der Waals surface area contributed by atoms with Gasteiger partial charge in [-0.25, -0.2) is 0 Å². The first-order chi connectivity index (χ1) is 21.8. The Kier molecular flexibility index (Phi) is 5.54. The molecule has 0 bridgehead atoms.